The molecule has 0 radical (unpaired) electrons. The zero-order chi connectivity index (χ0) is 14.3. The smallest absolute Gasteiger partial charge is 0.161 e. The Hall–Kier alpha value is -1.71. The third kappa shape index (κ3) is 2.47. The van der Waals surface area contributed by atoms with Gasteiger partial charge in [0, 0.05) is 22.0 Å². The Morgan fingerprint density at radius 1 is 1.00 bits per heavy atom. The van der Waals surface area contributed by atoms with Crippen LogP contribution in [0.3, 0.4) is 0 Å². The Labute approximate surface area is 125 Å². The van der Waals surface area contributed by atoms with Crippen LogP contribution >= 0.6 is 23.2 Å². The van der Waals surface area contributed by atoms with Crippen LogP contribution in [0.4, 0.5) is 4.39 Å². The predicted molar refractivity (Wildman–Crippen MR) is 79.7 cm³/mol. The lowest BCUT2D eigenvalue weighted by Crippen LogP contribution is -1.93. The monoisotopic (exact) mass is 306 g/mol. The van der Waals surface area contributed by atoms with Crippen molar-refractivity contribution in [3.8, 4) is 11.4 Å². The van der Waals surface area contributed by atoms with Gasteiger partial charge in [0.1, 0.15) is 11.0 Å². The first-order chi connectivity index (χ1) is 9.52. The second-order valence-corrected chi connectivity index (χ2v) is 5.31. The van der Waals surface area contributed by atoms with Crippen molar-refractivity contribution in [3.63, 3.8) is 0 Å². The molecule has 0 spiro atoms. The van der Waals surface area contributed by atoms with Crippen molar-refractivity contribution in [2.75, 3.05) is 0 Å². The minimum absolute atomic E-state index is 0.294. The number of hydrogen-bond donors (Lipinski definition) is 0. The van der Waals surface area contributed by atoms with Gasteiger partial charge in [-0.25, -0.2) is 14.4 Å². The van der Waals surface area contributed by atoms with Gasteiger partial charge >= 0.3 is 0 Å². The van der Waals surface area contributed by atoms with Crippen LogP contribution in [0.25, 0.3) is 22.3 Å². The van der Waals surface area contributed by atoms with Gasteiger partial charge in [-0.05, 0) is 42.8 Å². The first-order valence-electron chi connectivity index (χ1n) is 5.93. The molecule has 3 rings (SSSR count). The van der Waals surface area contributed by atoms with E-state index >= 15 is 0 Å². The van der Waals surface area contributed by atoms with Crippen molar-refractivity contribution in [2.45, 2.75) is 6.92 Å². The highest BCUT2D eigenvalue weighted by molar-refractivity contribution is 6.34. The fourth-order valence-corrected chi connectivity index (χ4v) is 2.59. The molecule has 2 aromatic carbocycles. The van der Waals surface area contributed by atoms with Crippen molar-refractivity contribution in [2.24, 2.45) is 0 Å². The lowest BCUT2D eigenvalue weighted by atomic mass is 10.1. The minimum atomic E-state index is -0.361. The van der Waals surface area contributed by atoms with Gasteiger partial charge in [0.15, 0.2) is 5.82 Å². The van der Waals surface area contributed by atoms with Crippen LogP contribution in [0.5, 0.6) is 0 Å². The summed E-state index contributed by atoms with van der Waals surface area (Å²) in [7, 11) is 0. The Bertz CT molecular complexity index is 798. The van der Waals surface area contributed by atoms with E-state index in [0.29, 0.717) is 26.9 Å². The topological polar surface area (TPSA) is 25.8 Å². The van der Waals surface area contributed by atoms with Crippen LogP contribution in [0.15, 0.2) is 36.4 Å². The molecule has 0 aliphatic rings. The first kappa shape index (κ1) is 13.3. The molecule has 20 heavy (non-hydrogen) atoms. The Balaban J connectivity index is 2.26. The van der Waals surface area contributed by atoms with Gasteiger partial charge < -0.3 is 0 Å². The molecule has 100 valence electrons. The molecule has 2 nitrogen and oxygen atoms in total. The summed E-state index contributed by atoms with van der Waals surface area (Å²) in [6.45, 7) is 1.93. The van der Waals surface area contributed by atoms with Gasteiger partial charge in [-0.3, -0.25) is 0 Å². The molecule has 0 aliphatic heterocycles. The normalized spacial score (nSPS) is 11.0. The van der Waals surface area contributed by atoms with Crippen LogP contribution in [0, 0.1) is 12.7 Å². The van der Waals surface area contributed by atoms with Crippen LogP contribution < -0.4 is 0 Å². The van der Waals surface area contributed by atoms with Gasteiger partial charge in [0.2, 0.25) is 0 Å². The molecular formula is C15H9Cl2FN2. The molecule has 1 heterocycles. The van der Waals surface area contributed by atoms with E-state index in [9.17, 15) is 4.39 Å². The molecular weight excluding hydrogens is 298 g/mol. The largest absolute Gasteiger partial charge is 0.228 e. The molecule has 5 heteroatoms. The zero-order valence-corrected chi connectivity index (χ0v) is 12.0. The summed E-state index contributed by atoms with van der Waals surface area (Å²) in [4.78, 5) is 8.61. The van der Waals surface area contributed by atoms with E-state index in [1.807, 2.05) is 19.1 Å². The van der Waals surface area contributed by atoms with Gasteiger partial charge in [-0.2, -0.15) is 0 Å². The average molecular weight is 307 g/mol. The highest BCUT2D eigenvalue weighted by atomic mass is 35.5. The molecule has 0 N–H and O–H groups in total. The first-order valence-corrected chi connectivity index (χ1v) is 6.69. The molecule has 1 aromatic heterocycles. The molecule has 0 bridgehead atoms. The minimum Gasteiger partial charge on any atom is -0.228 e. The number of benzene rings is 2. The van der Waals surface area contributed by atoms with Crippen molar-refractivity contribution in [1.29, 1.82) is 0 Å². The third-order valence-corrected chi connectivity index (χ3v) is 3.42. The number of rotatable bonds is 1. The zero-order valence-electron chi connectivity index (χ0n) is 10.5. The van der Waals surface area contributed by atoms with Crippen molar-refractivity contribution in [1.82, 2.24) is 9.97 Å². The molecule has 3 aromatic rings. The Kier molecular flexibility index (Phi) is 3.32. The quantitative estimate of drug-likeness (QED) is 0.588. The molecule has 0 amide bonds. The summed E-state index contributed by atoms with van der Waals surface area (Å²) in [5.41, 5.74) is 2.22. The van der Waals surface area contributed by atoms with Crippen LogP contribution in [-0.2, 0) is 0 Å². The van der Waals surface area contributed by atoms with Crippen molar-refractivity contribution < 1.29 is 4.39 Å². The summed E-state index contributed by atoms with van der Waals surface area (Å²) < 4.78 is 13.3. The molecule has 0 saturated carbocycles. The number of aryl methyl sites for hydroxylation is 1. The molecule has 0 fully saturated rings. The Morgan fingerprint density at radius 2 is 1.80 bits per heavy atom. The van der Waals surface area contributed by atoms with Crippen LogP contribution in [0.1, 0.15) is 5.56 Å². The maximum atomic E-state index is 13.3. The fraction of sp³-hybridized carbons (Fsp3) is 0.0667. The molecule has 0 atom stereocenters. The standard InChI is InChI=1S/C15H9Cl2FN2/c1-8-4-9(6-10(16)5-8)15-19-13-7-11(18)2-3-12(13)14(17)20-15/h2-7H,1H3. The van der Waals surface area contributed by atoms with E-state index in [2.05, 4.69) is 9.97 Å². The van der Waals surface area contributed by atoms with Gasteiger partial charge in [0.05, 0.1) is 5.52 Å². The van der Waals surface area contributed by atoms with E-state index in [-0.39, 0.29) is 5.82 Å². The highest BCUT2D eigenvalue weighted by Crippen LogP contribution is 2.27. The molecule has 0 saturated heterocycles. The lowest BCUT2D eigenvalue weighted by Gasteiger charge is -2.06. The maximum Gasteiger partial charge on any atom is 0.161 e. The van der Waals surface area contributed by atoms with E-state index in [1.54, 1.807) is 12.1 Å². The Morgan fingerprint density at radius 3 is 2.55 bits per heavy atom. The van der Waals surface area contributed by atoms with Gasteiger partial charge in [-0.1, -0.05) is 23.2 Å². The van der Waals surface area contributed by atoms with Crippen LogP contribution in [-0.4, -0.2) is 9.97 Å². The summed E-state index contributed by atoms with van der Waals surface area (Å²) in [5, 5.41) is 1.51. The van der Waals surface area contributed by atoms with Gasteiger partial charge in [-0.15, -0.1) is 0 Å². The lowest BCUT2D eigenvalue weighted by molar-refractivity contribution is 0.629. The second-order valence-electron chi connectivity index (χ2n) is 4.52. The predicted octanol–water partition coefficient (Wildman–Crippen LogP) is 5.05. The van der Waals surface area contributed by atoms with E-state index in [1.165, 1.54) is 12.1 Å². The van der Waals surface area contributed by atoms with Crippen molar-refractivity contribution in [3.05, 3.63) is 58.0 Å². The average Bonchev–Trinajstić information content (AvgIpc) is 2.36. The highest BCUT2D eigenvalue weighted by Gasteiger charge is 2.09. The molecule has 0 unspecified atom stereocenters. The number of fused-ring (bicyclic) bond motifs is 1. The maximum absolute atomic E-state index is 13.3. The summed E-state index contributed by atoms with van der Waals surface area (Å²) in [6.07, 6.45) is 0. The summed E-state index contributed by atoms with van der Waals surface area (Å²) in [6, 6.07) is 9.74. The fourth-order valence-electron chi connectivity index (χ4n) is 2.06. The number of halogens is 3. The second kappa shape index (κ2) is 5.00. The summed E-state index contributed by atoms with van der Waals surface area (Å²) in [5.74, 6) is 0.0687. The van der Waals surface area contributed by atoms with Gasteiger partial charge in [0.25, 0.3) is 0 Å². The number of hydrogen-bond acceptors (Lipinski definition) is 2. The summed E-state index contributed by atoms with van der Waals surface area (Å²) >= 11 is 12.2. The van der Waals surface area contributed by atoms with Crippen molar-refractivity contribution >= 4 is 34.1 Å². The molecule has 0 aliphatic carbocycles. The van der Waals surface area contributed by atoms with E-state index in [4.69, 9.17) is 23.2 Å². The van der Waals surface area contributed by atoms with E-state index in [0.717, 1.165) is 11.1 Å². The number of aromatic nitrogens is 2. The number of nitrogens with zero attached hydrogens (tertiary/aromatic N) is 2. The third-order valence-electron chi connectivity index (χ3n) is 2.91. The SMILES string of the molecule is Cc1cc(Cl)cc(-c2nc(Cl)c3ccc(F)cc3n2)c1. The van der Waals surface area contributed by atoms with Crippen LogP contribution in [0.2, 0.25) is 10.2 Å². The van der Waals surface area contributed by atoms with E-state index < -0.39 is 0 Å².